The SMILES string of the molecule is CCCC(C)N1CC=C[C@]23S[C@]4(C)/C=C\CCCOC(=O)[C@@H]4[C@H]2C(=O)N(CCCCCCO)C3C1=O. The number of amides is 2. The Hall–Kier alpha value is -1.80. The van der Waals surface area contributed by atoms with Crippen LogP contribution in [0.25, 0.3) is 0 Å². The average molecular weight is 519 g/mol. The van der Waals surface area contributed by atoms with Crippen molar-refractivity contribution in [3.8, 4) is 0 Å². The minimum absolute atomic E-state index is 0.00732. The maximum atomic E-state index is 14.3. The third-order valence-corrected chi connectivity index (χ3v) is 10.1. The molecule has 0 radical (unpaired) electrons. The summed E-state index contributed by atoms with van der Waals surface area (Å²) < 4.78 is 4.25. The Morgan fingerprint density at radius 1 is 1.11 bits per heavy atom. The summed E-state index contributed by atoms with van der Waals surface area (Å²) in [5, 5.41) is 9.12. The number of aliphatic hydroxyl groups excluding tert-OH is 1. The summed E-state index contributed by atoms with van der Waals surface area (Å²) >= 11 is 1.62. The Morgan fingerprint density at radius 2 is 1.89 bits per heavy atom. The van der Waals surface area contributed by atoms with Gasteiger partial charge in [0, 0.05) is 30.5 Å². The molecule has 2 amide bonds. The highest BCUT2D eigenvalue weighted by atomic mass is 32.2. The molecule has 0 aromatic heterocycles. The maximum absolute atomic E-state index is 14.3. The molecule has 0 aromatic rings. The molecule has 2 fully saturated rings. The second kappa shape index (κ2) is 11.3. The van der Waals surface area contributed by atoms with Gasteiger partial charge in [0.25, 0.3) is 0 Å². The zero-order valence-corrected chi connectivity index (χ0v) is 22.8. The molecule has 36 heavy (non-hydrogen) atoms. The molecule has 0 bridgehead atoms. The number of unbranched alkanes of at least 4 members (excludes halogenated alkanes) is 3. The first-order valence-corrected chi connectivity index (χ1v) is 14.6. The molecule has 0 aromatic carbocycles. The van der Waals surface area contributed by atoms with Gasteiger partial charge in [0.15, 0.2) is 0 Å². The molecule has 0 saturated carbocycles. The van der Waals surface area contributed by atoms with Crippen LogP contribution in [-0.4, -0.2) is 80.6 Å². The van der Waals surface area contributed by atoms with Crippen LogP contribution < -0.4 is 0 Å². The van der Waals surface area contributed by atoms with Crippen LogP contribution in [-0.2, 0) is 19.1 Å². The van der Waals surface area contributed by atoms with Crippen LogP contribution in [0, 0.1) is 11.8 Å². The lowest BCUT2D eigenvalue weighted by atomic mass is 9.74. The van der Waals surface area contributed by atoms with E-state index in [0.717, 1.165) is 51.4 Å². The van der Waals surface area contributed by atoms with Gasteiger partial charge in [0.1, 0.15) is 6.04 Å². The lowest BCUT2D eigenvalue weighted by Crippen LogP contribution is -2.55. The molecular formula is C28H42N2O5S. The number of nitrogens with zero attached hydrogens (tertiary/aromatic N) is 2. The topological polar surface area (TPSA) is 87.2 Å². The molecule has 4 aliphatic heterocycles. The highest BCUT2D eigenvalue weighted by Gasteiger charge is 2.73. The number of hydrogen-bond donors (Lipinski definition) is 1. The van der Waals surface area contributed by atoms with E-state index in [1.165, 1.54) is 0 Å². The van der Waals surface area contributed by atoms with E-state index in [9.17, 15) is 14.4 Å². The van der Waals surface area contributed by atoms with E-state index in [4.69, 9.17) is 9.84 Å². The van der Waals surface area contributed by atoms with Crippen molar-refractivity contribution >= 4 is 29.5 Å². The molecular weight excluding hydrogens is 476 g/mol. The van der Waals surface area contributed by atoms with Crippen LogP contribution >= 0.6 is 11.8 Å². The Morgan fingerprint density at radius 3 is 2.64 bits per heavy atom. The van der Waals surface area contributed by atoms with Gasteiger partial charge in [-0.1, -0.05) is 50.5 Å². The molecule has 4 rings (SSSR count). The van der Waals surface area contributed by atoms with Crippen molar-refractivity contribution in [3.05, 3.63) is 24.3 Å². The number of ether oxygens (including phenoxy) is 1. The lowest BCUT2D eigenvalue weighted by molar-refractivity contribution is -0.154. The van der Waals surface area contributed by atoms with Crippen molar-refractivity contribution < 1.29 is 24.2 Å². The van der Waals surface area contributed by atoms with E-state index in [-0.39, 0.29) is 30.4 Å². The normalized spacial score (nSPS) is 35.8. The summed E-state index contributed by atoms with van der Waals surface area (Å²) in [6.45, 7) is 7.75. The minimum atomic E-state index is -0.804. The Kier molecular flexibility index (Phi) is 8.55. The Bertz CT molecular complexity index is 906. The molecule has 6 atom stereocenters. The first-order valence-electron chi connectivity index (χ1n) is 13.7. The molecule has 4 heterocycles. The summed E-state index contributed by atoms with van der Waals surface area (Å²) in [6.07, 6.45) is 15.1. The van der Waals surface area contributed by atoms with E-state index in [1.54, 1.807) is 16.7 Å². The van der Waals surface area contributed by atoms with E-state index in [1.807, 2.05) is 17.9 Å². The highest BCUT2D eigenvalue weighted by Crippen LogP contribution is 2.65. The molecule has 0 aliphatic carbocycles. The predicted octanol–water partition coefficient (Wildman–Crippen LogP) is 3.71. The second-order valence-corrected chi connectivity index (χ2v) is 12.7. The number of allylic oxidation sites excluding steroid dienone is 1. The fourth-order valence-electron chi connectivity index (χ4n) is 6.61. The number of fused-ring (bicyclic) bond motifs is 2. The summed E-state index contributed by atoms with van der Waals surface area (Å²) in [5.74, 6) is -1.70. The van der Waals surface area contributed by atoms with Gasteiger partial charge in [-0.25, -0.2) is 0 Å². The number of likely N-dealkylation sites (tertiary alicyclic amines) is 1. The van der Waals surface area contributed by atoms with Crippen LogP contribution in [0.5, 0.6) is 0 Å². The highest BCUT2D eigenvalue weighted by molar-refractivity contribution is 8.02. The van der Waals surface area contributed by atoms with Crippen LogP contribution in [0.1, 0.15) is 72.1 Å². The third-order valence-electron chi connectivity index (χ3n) is 8.33. The molecule has 2 saturated heterocycles. The van der Waals surface area contributed by atoms with Crippen molar-refractivity contribution in [3.63, 3.8) is 0 Å². The zero-order valence-electron chi connectivity index (χ0n) is 22.0. The average Bonchev–Trinajstić information content (AvgIpc) is 3.18. The second-order valence-electron chi connectivity index (χ2n) is 10.9. The van der Waals surface area contributed by atoms with Gasteiger partial charge < -0.3 is 19.6 Å². The van der Waals surface area contributed by atoms with Crippen molar-refractivity contribution in [2.24, 2.45) is 11.8 Å². The van der Waals surface area contributed by atoms with Gasteiger partial charge in [-0.05, 0) is 46.0 Å². The van der Waals surface area contributed by atoms with Gasteiger partial charge in [0.2, 0.25) is 11.8 Å². The quantitative estimate of drug-likeness (QED) is 0.285. The van der Waals surface area contributed by atoms with Crippen molar-refractivity contribution in [1.29, 1.82) is 0 Å². The summed E-state index contributed by atoms with van der Waals surface area (Å²) in [5.41, 5.74) is 0. The molecule has 2 unspecified atom stereocenters. The number of carbonyl (C=O) groups excluding carboxylic acids is 3. The zero-order chi connectivity index (χ0) is 25.9. The third kappa shape index (κ3) is 4.75. The predicted molar refractivity (Wildman–Crippen MR) is 141 cm³/mol. The van der Waals surface area contributed by atoms with Gasteiger partial charge in [-0.3, -0.25) is 14.4 Å². The molecule has 200 valence electrons. The summed E-state index contributed by atoms with van der Waals surface area (Å²) in [4.78, 5) is 45.6. The van der Waals surface area contributed by atoms with Crippen molar-refractivity contribution in [2.45, 2.75) is 93.7 Å². The number of carbonyl (C=O) groups is 3. The van der Waals surface area contributed by atoms with E-state index < -0.39 is 27.4 Å². The Balaban J connectivity index is 1.75. The van der Waals surface area contributed by atoms with Gasteiger partial charge in [-0.2, -0.15) is 0 Å². The molecule has 8 heteroatoms. The monoisotopic (exact) mass is 518 g/mol. The van der Waals surface area contributed by atoms with Crippen LogP contribution in [0.2, 0.25) is 0 Å². The van der Waals surface area contributed by atoms with Crippen molar-refractivity contribution in [1.82, 2.24) is 9.80 Å². The van der Waals surface area contributed by atoms with Crippen LogP contribution in [0.4, 0.5) is 0 Å². The fourth-order valence-corrected chi connectivity index (χ4v) is 8.76. The molecule has 7 nitrogen and oxygen atoms in total. The molecule has 1 spiro atoms. The summed E-state index contributed by atoms with van der Waals surface area (Å²) in [7, 11) is 0. The first kappa shape index (κ1) is 27.2. The van der Waals surface area contributed by atoms with Crippen LogP contribution in [0.3, 0.4) is 0 Å². The van der Waals surface area contributed by atoms with E-state index >= 15 is 0 Å². The van der Waals surface area contributed by atoms with E-state index in [2.05, 4.69) is 32.1 Å². The van der Waals surface area contributed by atoms with Crippen LogP contribution in [0.15, 0.2) is 24.3 Å². The number of thioether (sulfide) groups is 1. The Labute approximate surface area is 219 Å². The number of esters is 1. The lowest BCUT2D eigenvalue weighted by Gasteiger charge is -2.38. The van der Waals surface area contributed by atoms with Crippen molar-refractivity contribution in [2.75, 3.05) is 26.3 Å². The number of cyclic esters (lactones) is 1. The number of aliphatic hydroxyl groups is 1. The largest absolute Gasteiger partial charge is 0.465 e. The van der Waals surface area contributed by atoms with Gasteiger partial charge >= 0.3 is 5.97 Å². The van der Waals surface area contributed by atoms with E-state index in [0.29, 0.717) is 19.7 Å². The fraction of sp³-hybridized carbons (Fsp3) is 0.750. The minimum Gasteiger partial charge on any atom is -0.465 e. The maximum Gasteiger partial charge on any atom is 0.311 e. The first-order chi connectivity index (χ1) is 17.3. The standard InChI is InChI=1S/C28H42N2O5S/c1-4-13-20(2)29-17-12-15-28-21(22-26(34)35-19-11-7-8-14-27(22,3)36-28)24(32)30(23(28)25(29)33)16-9-5-6-10-18-31/h8,12,14-15,20-23,31H,4-7,9-11,13,16-19H2,1-3H3/b14-8-/t20?,21-,22-,23?,27+,28-/m0/s1. The molecule has 4 aliphatic rings. The van der Waals surface area contributed by atoms with Gasteiger partial charge in [-0.15, -0.1) is 11.8 Å². The summed E-state index contributed by atoms with van der Waals surface area (Å²) in [6, 6.07) is -0.559. The molecule has 1 N–H and O–H groups in total. The number of hydrogen-bond acceptors (Lipinski definition) is 6. The smallest absolute Gasteiger partial charge is 0.311 e. The van der Waals surface area contributed by atoms with Gasteiger partial charge in [0.05, 0.1) is 23.2 Å². The number of rotatable bonds is 9.